The zero-order chi connectivity index (χ0) is 15.5. The van der Waals surface area contributed by atoms with Gasteiger partial charge in [0.2, 0.25) is 0 Å². The van der Waals surface area contributed by atoms with E-state index in [0.29, 0.717) is 5.75 Å². The molecule has 1 aliphatic rings. The average molecular weight is 302 g/mol. The molecule has 2 heterocycles. The number of benzene rings is 1. The molecule has 5 heteroatoms. The van der Waals surface area contributed by atoms with Gasteiger partial charge >= 0.3 is 0 Å². The van der Waals surface area contributed by atoms with Crippen LogP contribution >= 0.6 is 0 Å². The third-order valence-electron chi connectivity index (χ3n) is 4.26. The second-order valence-electron chi connectivity index (χ2n) is 5.71. The maximum absolute atomic E-state index is 9.91. The number of methoxy groups -OCH3 is 1. The molecular formula is C17H22N2O3. The van der Waals surface area contributed by atoms with Crippen LogP contribution in [0.3, 0.4) is 0 Å². The first-order valence-electron chi connectivity index (χ1n) is 7.76. The average Bonchev–Trinajstić information content (AvgIpc) is 3.15. The SMILES string of the molecule is CCc1cc([C@H]2CCCN2Cc2ccc(OC)c(O)c2)on1. The Bertz CT molecular complexity index is 639. The van der Waals surface area contributed by atoms with Crippen molar-refractivity contribution in [1.82, 2.24) is 10.1 Å². The summed E-state index contributed by atoms with van der Waals surface area (Å²) >= 11 is 0. The smallest absolute Gasteiger partial charge is 0.160 e. The summed E-state index contributed by atoms with van der Waals surface area (Å²) in [6.07, 6.45) is 3.12. The van der Waals surface area contributed by atoms with E-state index in [-0.39, 0.29) is 11.8 Å². The molecule has 22 heavy (non-hydrogen) atoms. The first-order valence-corrected chi connectivity index (χ1v) is 7.76. The van der Waals surface area contributed by atoms with Crippen LogP contribution in [0.5, 0.6) is 11.5 Å². The summed E-state index contributed by atoms with van der Waals surface area (Å²) in [6.45, 7) is 3.89. The predicted octanol–water partition coefficient (Wildman–Crippen LogP) is 3.29. The molecule has 0 saturated carbocycles. The highest BCUT2D eigenvalue weighted by molar-refractivity contribution is 5.41. The van der Waals surface area contributed by atoms with E-state index < -0.39 is 0 Å². The first-order chi connectivity index (χ1) is 10.7. The molecule has 1 atom stereocenters. The van der Waals surface area contributed by atoms with Crippen LogP contribution < -0.4 is 4.74 Å². The van der Waals surface area contributed by atoms with E-state index in [4.69, 9.17) is 9.26 Å². The number of aryl methyl sites for hydroxylation is 1. The molecule has 2 aromatic rings. The van der Waals surface area contributed by atoms with Crippen molar-refractivity contribution in [3.63, 3.8) is 0 Å². The minimum atomic E-state index is 0.184. The number of aromatic hydroxyl groups is 1. The Morgan fingerprint density at radius 2 is 2.27 bits per heavy atom. The van der Waals surface area contributed by atoms with Gasteiger partial charge in [0, 0.05) is 12.6 Å². The molecule has 1 N–H and O–H groups in total. The number of likely N-dealkylation sites (tertiary alicyclic amines) is 1. The van der Waals surface area contributed by atoms with E-state index in [2.05, 4.69) is 23.0 Å². The number of hydrogen-bond donors (Lipinski definition) is 1. The number of phenolic OH excluding ortho intramolecular Hbond substituents is 1. The van der Waals surface area contributed by atoms with Gasteiger partial charge in [-0.05, 0) is 43.5 Å². The molecule has 1 fully saturated rings. The third-order valence-corrected chi connectivity index (χ3v) is 4.26. The van der Waals surface area contributed by atoms with Crippen molar-refractivity contribution in [2.24, 2.45) is 0 Å². The Kier molecular flexibility index (Phi) is 4.34. The maximum atomic E-state index is 9.91. The van der Waals surface area contributed by atoms with Crippen LogP contribution in [-0.2, 0) is 13.0 Å². The van der Waals surface area contributed by atoms with Gasteiger partial charge in [-0.15, -0.1) is 0 Å². The lowest BCUT2D eigenvalue weighted by atomic mass is 10.1. The zero-order valence-electron chi connectivity index (χ0n) is 13.1. The molecule has 0 amide bonds. The molecule has 0 radical (unpaired) electrons. The molecule has 118 valence electrons. The van der Waals surface area contributed by atoms with Gasteiger partial charge in [-0.3, -0.25) is 4.90 Å². The first kappa shape index (κ1) is 14.9. The van der Waals surface area contributed by atoms with Gasteiger partial charge in [0.1, 0.15) is 0 Å². The molecular weight excluding hydrogens is 280 g/mol. The molecule has 0 spiro atoms. The van der Waals surface area contributed by atoms with Crippen molar-refractivity contribution in [3.8, 4) is 11.5 Å². The summed E-state index contributed by atoms with van der Waals surface area (Å²) in [4.78, 5) is 2.38. The zero-order valence-corrected chi connectivity index (χ0v) is 13.1. The van der Waals surface area contributed by atoms with Crippen LogP contribution in [-0.4, -0.2) is 28.8 Å². The molecule has 1 aromatic carbocycles. The quantitative estimate of drug-likeness (QED) is 0.918. The Balaban J connectivity index is 1.74. The Morgan fingerprint density at radius 1 is 1.41 bits per heavy atom. The standard InChI is InChI=1S/C17H22N2O3/c1-3-13-10-17(22-18-13)14-5-4-8-19(14)11-12-6-7-16(21-2)15(20)9-12/h6-7,9-10,14,20H,3-5,8,11H2,1-2H3/t14-/m1/s1. The highest BCUT2D eigenvalue weighted by Crippen LogP contribution is 2.34. The van der Waals surface area contributed by atoms with E-state index in [0.717, 1.165) is 49.4 Å². The van der Waals surface area contributed by atoms with Crippen LogP contribution in [0.2, 0.25) is 0 Å². The lowest BCUT2D eigenvalue weighted by Gasteiger charge is -2.22. The number of rotatable bonds is 5. The highest BCUT2D eigenvalue weighted by Gasteiger charge is 2.29. The summed E-state index contributed by atoms with van der Waals surface area (Å²) in [6, 6.07) is 7.91. The van der Waals surface area contributed by atoms with Crippen molar-refractivity contribution < 1.29 is 14.4 Å². The largest absolute Gasteiger partial charge is 0.504 e. The van der Waals surface area contributed by atoms with Crippen LogP contribution in [0, 0.1) is 0 Å². The minimum absolute atomic E-state index is 0.184. The van der Waals surface area contributed by atoms with E-state index in [1.54, 1.807) is 19.2 Å². The summed E-state index contributed by atoms with van der Waals surface area (Å²) in [7, 11) is 1.56. The normalized spacial score (nSPS) is 18.7. The third kappa shape index (κ3) is 2.95. The van der Waals surface area contributed by atoms with Crippen LogP contribution in [0.4, 0.5) is 0 Å². The van der Waals surface area contributed by atoms with Gasteiger partial charge in [-0.2, -0.15) is 0 Å². The summed E-state index contributed by atoms with van der Waals surface area (Å²) in [5.74, 6) is 1.64. The number of nitrogens with zero attached hydrogens (tertiary/aromatic N) is 2. The van der Waals surface area contributed by atoms with Crippen LogP contribution in [0.15, 0.2) is 28.8 Å². The van der Waals surface area contributed by atoms with Gasteiger partial charge in [0.15, 0.2) is 17.3 Å². The second-order valence-corrected chi connectivity index (χ2v) is 5.71. The molecule has 5 nitrogen and oxygen atoms in total. The van der Waals surface area contributed by atoms with E-state index in [1.807, 2.05) is 6.07 Å². The fraction of sp³-hybridized carbons (Fsp3) is 0.471. The van der Waals surface area contributed by atoms with E-state index in [1.165, 1.54) is 0 Å². The van der Waals surface area contributed by atoms with Crippen molar-refractivity contribution in [1.29, 1.82) is 0 Å². The van der Waals surface area contributed by atoms with Crippen molar-refractivity contribution in [2.45, 2.75) is 38.8 Å². The fourth-order valence-corrected chi connectivity index (χ4v) is 3.06. The van der Waals surface area contributed by atoms with Crippen LogP contribution in [0.25, 0.3) is 0 Å². The number of phenols is 1. The van der Waals surface area contributed by atoms with Crippen molar-refractivity contribution in [3.05, 3.63) is 41.3 Å². The molecule has 1 aromatic heterocycles. The number of ether oxygens (including phenoxy) is 1. The van der Waals surface area contributed by atoms with Gasteiger partial charge in [0.05, 0.1) is 18.8 Å². The summed E-state index contributed by atoms with van der Waals surface area (Å²) in [5, 5.41) is 14.0. The van der Waals surface area contributed by atoms with Gasteiger partial charge < -0.3 is 14.4 Å². The lowest BCUT2D eigenvalue weighted by molar-refractivity contribution is 0.206. The maximum Gasteiger partial charge on any atom is 0.160 e. The lowest BCUT2D eigenvalue weighted by Crippen LogP contribution is -2.22. The van der Waals surface area contributed by atoms with Gasteiger partial charge in [-0.25, -0.2) is 0 Å². The van der Waals surface area contributed by atoms with E-state index >= 15 is 0 Å². The van der Waals surface area contributed by atoms with Crippen LogP contribution in [0.1, 0.15) is 42.8 Å². The number of aromatic nitrogens is 1. The predicted molar refractivity (Wildman–Crippen MR) is 82.9 cm³/mol. The topological polar surface area (TPSA) is 58.7 Å². The highest BCUT2D eigenvalue weighted by atomic mass is 16.5. The Labute approximate surface area is 130 Å². The summed E-state index contributed by atoms with van der Waals surface area (Å²) in [5.41, 5.74) is 2.07. The second kappa shape index (κ2) is 6.40. The fourth-order valence-electron chi connectivity index (χ4n) is 3.06. The van der Waals surface area contributed by atoms with Crippen molar-refractivity contribution in [2.75, 3.05) is 13.7 Å². The van der Waals surface area contributed by atoms with E-state index in [9.17, 15) is 5.11 Å². The number of hydrogen-bond acceptors (Lipinski definition) is 5. The Morgan fingerprint density at radius 3 is 2.95 bits per heavy atom. The van der Waals surface area contributed by atoms with Gasteiger partial charge in [-0.1, -0.05) is 18.1 Å². The monoisotopic (exact) mass is 302 g/mol. The molecule has 0 bridgehead atoms. The molecule has 0 aliphatic carbocycles. The Hall–Kier alpha value is -2.01. The summed E-state index contributed by atoms with van der Waals surface area (Å²) < 4.78 is 10.6. The van der Waals surface area contributed by atoms with Gasteiger partial charge in [0.25, 0.3) is 0 Å². The molecule has 0 unspecified atom stereocenters. The molecule has 1 aliphatic heterocycles. The molecule has 1 saturated heterocycles. The minimum Gasteiger partial charge on any atom is -0.504 e. The van der Waals surface area contributed by atoms with Crippen molar-refractivity contribution >= 4 is 0 Å². The molecule has 3 rings (SSSR count).